The standard InChI is InChI=1S/C20H33N3O2/c1-5-21-19(22-16-20(11-12-20)13-14-25-6-2)23(3)15-17-9-7-8-10-18(17)24-4/h7-10H,5-6,11-16H2,1-4H3,(H,21,22). The number of hydrogen-bond acceptors (Lipinski definition) is 3. The van der Waals surface area contributed by atoms with Crippen molar-refractivity contribution in [1.29, 1.82) is 0 Å². The molecule has 0 amide bonds. The van der Waals surface area contributed by atoms with Gasteiger partial charge in [0.1, 0.15) is 5.75 Å². The van der Waals surface area contributed by atoms with Crippen LogP contribution in [-0.4, -0.2) is 51.3 Å². The van der Waals surface area contributed by atoms with E-state index in [-0.39, 0.29) is 0 Å². The fourth-order valence-corrected chi connectivity index (χ4v) is 2.97. The summed E-state index contributed by atoms with van der Waals surface area (Å²) in [5, 5.41) is 3.41. The number of ether oxygens (including phenoxy) is 2. The quantitative estimate of drug-likeness (QED) is 0.401. The van der Waals surface area contributed by atoms with Gasteiger partial charge in [-0.25, -0.2) is 0 Å². The Morgan fingerprint density at radius 3 is 2.68 bits per heavy atom. The van der Waals surface area contributed by atoms with E-state index in [4.69, 9.17) is 14.5 Å². The van der Waals surface area contributed by atoms with Gasteiger partial charge in [0, 0.05) is 45.5 Å². The summed E-state index contributed by atoms with van der Waals surface area (Å²) < 4.78 is 11.0. The Morgan fingerprint density at radius 2 is 2.04 bits per heavy atom. The maximum Gasteiger partial charge on any atom is 0.193 e. The maximum atomic E-state index is 5.53. The number of nitrogens with zero attached hydrogens (tertiary/aromatic N) is 2. The zero-order chi connectivity index (χ0) is 18.1. The number of benzene rings is 1. The summed E-state index contributed by atoms with van der Waals surface area (Å²) in [5.41, 5.74) is 1.52. The lowest BCUT2D eigenvalue weighted by Crippen LogP contribution is -2.39. The first-order valence-electron chi connectivity index (χ1n) is 9.33. The minimum atomic E-state index is 0.362. The van der Waals surface area contributed by atoms with E-state index in [1.807, 2.05) is 25.1 Å². The molecule has 5 nitrogen and oxygen atoms in total. The third-order valence-corrected chi connectivity index (χ3v) is 4.80. The van der Waals surface area contributed by atoms with Crippen LogP contribution in [0.15, 0.2) is 29.3 Å². The van der Waals surface area contributed by atoms with E-state index in [9.17, 15) is 0 Å². The summed E-state index contributed by atoms with van der Waals surface area (Å²) >= 11 is 0. The highest BCUT2D eigenvalue weighted by atomic mass is 16.5. The van der Waals surface area contributed by atoms with Crippen molar-refractivity contribution in [1.82, 2.24) is 10.2 Å². The largest absolute Gasteiger partial charge is 0.496 e. The van der Waals surface area contributed by atoms with Crippen molar-refractivity contribution < 1.29 is 9.47 Å². The Morgan fingerprint density at radius 1 is 1.28 bits per heavy atom. The van der Waals surface area contributed by atoms with E-state index in [1.165, 1.54) is 12.8 Å². The lowest BCUT2D eigenvalue weighted by molar-refractivity contribution is 0.129. The topological polar surface area (TPSA) is 46.1 Å². The zero-order valence-corrected chi connectivity index (χ0v) is 16.2. The third-order valence-electron chi connectivity index (χ3n) is 4.80. The van der Waals surface area contributed by atoms with Crippen molar-refractivity contribution in [2.24, 2.45) is 10.4 Å². The molecule has 0 unspecified atom stereocenters. The van der Waals surface area contributed by atoms with Crippen LogP contribution in [0.4, 0.5) is 0 Å². The molecule has 2 rings (SSSR count). The summed E-state index contributed by atoms with van der Waals surface area (Å²) in [4.78, 5) is 7.08. The van der Waals surface area contributed by atoms with E-state index in [0.717, 1.165) is 56.5 Å². The molecule has 140 valence electrons. The molecule has 0 saturated heterocycles. The van der Waals surface area contributed by atoms with Gasteiger partial charge in [-0.3, -0.25) is 4.99 Å². The van der Waals surface area contributed by atoms with E-state index in [2.05, 4.69) is 30.3 Å². The molecule has 1 aromatic rings. The van der Waals surface area contributed by atoms with Gasteiger partial charge in [0.05, 0.1) is 7.11 Å². The van der Waals surface area contributed by atoms with Gasteiger partial charge in [-0.05, 0) is 44.6 Å². The van der Waals surface area contributed by atoms with Crippen LogP contribution < -0.4 is 10.1 Å². The minimum absolute atomic E-state index is 0.362. The average Bonchev–Trinajstić information content (AvgIpc) is 3.39. The Kier molecular flexibility index (Phi) is 7.56. The van der Waals surface area contributed by atoms with Gasteiger partial charge < -0.3 is 19.7 Å². The van der Waals surface area contributed by atoms with Crippen LogP contribution in [0.2, 0.25) is 0 Å². The highest BCUT2D eigenvalue weighted by molar-refractivity contribution is 5.79. The molecule has 1 aliphatic carbocycles. The van der Waals surface area contributed by atoms with Gasteiger partial charge in [-0.15, -0.1) is 0 Å². The number of para-hydroxylation sites is 1. The Labute approximate surface area is 152 Å². The lowest BCUT2D eigenvalue weighted by Gasteiger charge is -2.24. The number of nitrogens with one attached hydrogen (secondary N) is 1. The molecule has 0 aromatic heterocycles. The van der Waals surface area contributed by atoms with Gasteiger partial charge in [0.25, 0.3) is 0 Å². The van der Waals surface area contributed by atoms with E-state index in [0.29, 0.717) is 5.41 Å². The van der Waals surface area contributed by atoms with Crippen LogP contribution in [0, 0.1) is 5.41 Å². The molecule has 1 aliphatic rings. The summed E-state index contributed by atoms with van der Waals surface area (Å²) in [7, 11) is 3.79. The molecule has 0 spiro atoms. The van der Waals surface area contributed by atoms with Gasteiger partial charge in [-0.1, -0.05) is 18.2 Å². The van der Waals surface area contributed by atoms with Crippen molar-refractivity contribution in [3.8, 4) is 5.75 Å². The summed E-state index contributed by atoms with van der Waals surface area (Å²) in [6.45, 7) is 8.30. The zero-order valence-electron chi connectivity index (χ0n) is 16.2. The number of rotatable bonds is 10. The molecular formula is C20H33N3O2. The van der Waals surface area contributed by atoms with E-state index in [1.54, 1.807) is 7.11 Å². The molecular weight excluding hydrogens is 314 g/mol. The van der Waals surface area contributed by atoms with E-state index < -0.39 is 0 Å². The fourth-order valence-electron chi connectivity index (χ4n) is 2.97. The number of guanidine groups is 1. The van der Waals surface area contributed by atoms with Crippen LogP contribution in [-0.2, 0) is 11.3 Å². The minimum Gasteiger partial charge on any atom is -0.496 e. The molecule has 5 heteroatoms. The van der Waals surface area contributed by atoms with Crippen molar-refractivity contribution in [2.45, 2.75) is 39.7 Å². The van der Waals surface area contributed by atoms with Crippen LogP contribution in [0.1, 0.15) is 38.7 Å². The second kappa shape index (κ2) is 9.66. The van der Waals surface area contributed by atoms with Crippen LogP contribution in [0.5, 0.6) is 5.75 Å². The average molecular weight is 348 g/mol. The molecule has 1 fully saturated rings. The van der Waals surface area contributed by atoms with Gasteiger partial charge in [0.15, 0.2) is 5.96 Å². The summed E-state index contributed by atoms with van der Waals surface area (Å²) in [6.07, 6.45) is 3.64. The predicted molar refractivity (Wildman–Crippen MR) is 103 cm³/mol. The molecule has 0 radical (unpaired) electrons. The molecule has 0 aliphatic heterocycles. The molecule has 1 N–H and O–H groups in total. The summed E-state index contributed by atoms with van der Waals surface area (Å²) in [5.74, 6) is 1.87. The predicted octanol–water partition coefficient (Wildman–Crippen LogP) is 3.30. The second-order valence-electron chi connectivity index (χ2n) is 6.78. The third kappa shape index (κ3) is 5.92. The van der Waals surface area contributed by atoms with Crippen LogP contribution in [0.3, 0.4) is 0 Å². The first kappa shape index (κ1) is 19.6. The first-order chi connectivity index (χ1) is 12.1. The highest BCUT2D eigenvalue weighted by Crippen LogP contribution is 2.49. The molecule has 0 bridgehead atoms. The number of hydrogen-bond donors (Lipinski definition) is 1. The molecule has 1 saturated carbocycles. The smallest absolute Gasteiger partial charge is 0.193 e. The Hall–Kier alpha value is -1.75. The van der Waals surface area contributed by atoms with Crippen molar-refractivity contribution in [2.75, 3.05) is 40.5 Å². The van der Waals surface area contributed by atoms with Gasteiger partial charge in [0.2, 0.25) is 0 Å². The van der Waals surface area contributed by atoms with Gasteiger partial charge in [-0.2, -0.15) is 0 Å². The molecule has 25 heavy (non-hydrogen) atoms. The molecule has 0 atom stereocenters. The monoisotopic (exact) mass is 347 g/mol. The molecule has 1 aromatic carbocycles. The molecule has 0 heterocycles. The number of aliphatic imine (C=N–C) groups is 1. The van der Waals surface area contributed by atoms with Crippen molar-refractivity contribution in [3.05, 3.63) is 29.8 Å². The van der Waals surface area contributed by atoms with Crippen molar-refractivity contribution in [3.63, 3.8) is 0 Å². The maximum absolute atomic E-state index is 5.53. The highest BCUT2D eigenvalue weighted by Gasteiger charge is 2.42. The lowest BCUT2D eigenvalue weighted by atomic mass is 10.0. The Balaban J connectivity index is 1.98. The SMILES string of the molecule is CCNC(=NCC1(CCOCC)CC1)N(C)Cc1ccccc1OC. The number of methoxy groups -OCH3 is 1. The van der Waals surface area contributed by atoms with Gasteiger partial charge >= 0.3 is 0 Å². The van der Waals surface area contributed by atoms with Crippen molar-refractivity contribution >= 4 is 5.96 Å². The summed E-state index contributed by atoms with van der Waals surface area (Å²) in [6, 6.07) is 8.14. The normalized spacial score (nSPS) is 15.8. The Bertz CT molecular complexity index is 556. The van der Waals surface area contributed by atoms with Crippen LogP contribution in [0.25, 0.3) is 0 Å². The first-order valence-corrected chi connectivity index (χ1v) is 9.33. The second-order valence-corrected chi connectivity index (χ2v) is 6.78. The van der Waals surface area contributed by atoms with Crippen LogP contribution >= 0.6 is 0 Å². The fraction of sp³-hybridized carbons (Fsp3) is 0.650. The van der Waals surface area contributed by atoms with E-state index >= 15 is 0 Å².